The van der Waals surface area contributed by atoms with Crippen LogP contribution in [0, 0.1) is 0 Å². The smallest absolute Gasteiger partial charge is 0.340 e. The zero-order valence-corrected chi connectivity index (χ0v) is 18.4. The van der Waals surface area contributed by atoms with Gasteiger partial charge < -0.3 is 4.74 Å². The summed E-state index contributed by atoms with van der Waals surface area (Å²) >= 11 is 13.6. The molecule has 0 heterocycles. The molecule has 6 nitrogen and oxygen atoms in total. The maximum Gasteiger partial charge on any atom is 0.340 e. The summed E-state index contributed by atoms with van der Waals surface area (Å²) in [6, 6.07) is 8.98. The Morgan fingerprint density at radius 2 is 1.79 bits per heavy atom. The van der Waals surface area contributed by atoms with E-state index in [-0.39, 0.29) is 32.3 Å². The Bertz CT molecular complexity index is 1050. The number of rotatable bonds is 8. The lowest BCUT2D eigenvalue weighted by molar-refractivity contribution is 0.0474. The molecule has 2 aromatic rings. The lowest BCUT2D eigenvalue weighted by Crippen LogP contribution is -2.26. The molecule has 154 valence electrons. The first-order chi connectivity index (χ1) is 13.7. The van der Waals surface area contributed by atoms with E-state index in [4.69, 9.17) is 27.9 Å². The molecule has 1 N–H and O–H groups in total. The van der Waals surface area contributed by atoms with Gasteiger partial charge in [-0.15, -0.1) is 11.8 Å². The molecule has 2 aromatic carbocycles. The number of Topliss-reactive ketones (excluding diaryl/α,β-unsaturated/α-hetero) is 1. The predicted octanol–water partition coefficient (Wildman–Crippen LogP) is 4.20. The number of thioether (sulfide) groups is 1. The third-order valence-electron chi connectivity index (χ3n) is 4.18. The van der Waals surface area contributed by atoms with Crippen molar-refractivity contribution in [2.24, 2.45) is 0 Å². The first-order valence-electron chi connectivity index (χ1n) is 8.57. The molecule has 0 aliphatic heterocycles. The Morgan fingerprint density at radius 3 is 2.38 bits per heavy atom. The summed E-state index contributed by atoms with van der Waals surface area (Å²) < 4.78 is 32.4. The summed E-state index contributed by atoms with van der Waals surface area (Å²) in [5, 5.41) is -0.174. The van der Waals surface area contributed by atoms with Gasteiger partial charge in [0, 0.05) is 16.5 Å². The second kappa shape index (κ2) is 9.06. The van der Waals surface area contributed by atoms with E-state index in [0.29, 0.717) is 5.56 Å². The van der Waals surface area contributed by atoms with Gasteiger partial charge in [0.25, 0.3) is 0 Å². The molecule has 0 unspecified atom stereocenters. The highest BCUT2D eigenvalue weighted by molar-refractivity contribution is 7.98. The van der Waals surface area contributed by atoms with Crippen LogP contribution in [0.2, 0.25) is 10.0 Å². The Balaban J connectivity index is 1.74. The molecule has 1 saturated carbocycles. The van der Waals surface area contributed by atoms with Gasteiger partial charge in [-0.25, -0.2) is 17.9 Å². The van der Waals surface area contributed by atoms with Crippen molar-refractivity contribution in [3.63, 3.8) is 0 Å². The predicted molar refractivity (Wildman–Crippen MR) is 113 cm³/mol. The average Bonchev–Trinajstić information content (AvgIpc) is 3.49. The second-order valence-corrected chi connectivity index (χ2v) is 9.76. The number of ketones is 1. The normalized spacial score (nSPS) is 13.9. The van der Waals surface area contributed by atoms with Crippen molar-refractivity contribution >= 4 is 56.7 Å². The first-order valence-corrected chi connectivity index (χ1v) is 12.0. The van der Waals surface area contributed by atoms with Crippen LogP contribution < -0.4 is 4.72 Å². The molecule has 29 heavy (non-hydrogen) atoms. The van der Waals surface area contributed by atoms with Crippen molar-refractivity contribution < 1.29 is 22.7 Å². The van der Waals surface area contributed by atoms with Gasteiger partial charge in [-0.1, -0.05) is 35.3 Å². The number of carbonyl (C=O) groups is 2. The Labute approximate surface area is 183 Å². The van der Waals surface area contributed by atoms with Crippen LogP contribution in [-0.2, 0) is 14.8 Å². The highest BCUT2D eigenvalue weighted by atomic mass is 35.5. The van der Waals surface area contributed by atoms with E-state index in [1.165, 1.54) is 6.07 Å². The standard InChI is InChI=1S/C19H17Cl2NO5S2/c1-28-13-6-2-11(3-7-13)17(23)10-27-19(24)14-8-18(16(21)9-15(14)20)29(25,26)22-12-4-5-12/h2-3,6-9,12,22H,4-5,10H2,1H3. The minimum atomic E-state index is -3.90. The van der Waals surface area contributed by atoms with Crippen LogP contribution in [0.25, 0.3) is 0 Å². The van der Waals surface area contributed by atoms with Crippen LogP contribution in [0.3, 0.4) is 0 Å². The van der Waals surface area contributed by atoms with Gasteiger partial charge in [0.1, 0.15) is 4.90 Å². The molecule has 1 fully saturated rings. The Kier molecular flexibility index (Phi) is 6.90. The number of benzene rings is 2. The summed E-state index contributed by atoms with van der Waals surface area (Å²) in [4.78, 5) is 25.4. The minimum absolute atomic E-state index is 0.0675. The fourth-order valence-electron chi connectivity index (χ4n) is 2.44. The van der Waals surface area contributed by atoms with Gasteiger partial charge in [-0.3, -0.25) is 4.79 Å². The number of ether oxygens (including phenoxy) is 1. The quantitative estimate of drug-likeness (QED) is 0.351. The molecule has 0 saturated heterocycles. The Hall–Kier alpha value is -1.58. The molecule has 0 aromatic heterocycles. The van der Waals surface area contributed by atoms with Crippen molar-refractivity contribution in [3.05, 3.63) is 57.6 Å². The van der Waals surface area contributed by atoms with Gasteiger partial charge in [-0.05, 0) is 43.4 Å². The maximum absolute atomic E-state index is 12.4. The van der Waals surface area contributed by atoms with Crippen molar-refractivity contribution in [2.45, 2.75) is 28.7 Å². The molecular weight excluding hydrogens is 457 g/mol. The van der Waals surface area contributed by atoms with Crippen LogP contribution in [0.5, 0.6) is 0 Å². The number of hydrogen-bond acceptors (Lipinski definition) is 6. The van der Waals surface area contributed by atoms with E-state index in [9.17, 15) is 18.0 Å². The summed E-state index contributed by atoms with van der Waals surface area (Å²) in [6.07, 6.45) is 3.42. The summed E-state index contributed by atoms with van der Waals surface area (Å²) in [7, 11) is -3.90. The molecule has 0 bridgehead atoms. The van der Waals surface area contributed by atoms with E-state index < -0.39 is 22.6 Å². The van der Waals surface area contributed by atoms with Gasteiger partial charge >= 0.3 is 5.97 Å². The molecule has 0 amide bonds. The number of hydrogen-bond donors (Lipinski definition) is 1. The van der Waals surface area contributed by atoms with Gasteiger partial charge in [0.2, 0.25) is 10.0 Å². The van der Waals surface area contributed by atoms with E-state index in [1.807, 2.05) is 6.26 Å². The van der Waals surface area contributed by atoms with Gasteiger partial charge in [0.05, 0.1) is 15.6 Å². The fraction of sp³-hybridized carbons (Fsp3) is 0.263. The molecular formula is C19H17Cl2NO5S2. The number of sulfonamides is 1. The third-order valence-corrected chi connectivity index (χ3v) is 7.22. The van der Waals surface area contributed by atoms with Crippen molar-refractivity contribution in [3.8, 4) is 0 Å². The maximum atomic E-state index is 12.4. The van der Waals surface area contributed by atoms with E-state index in [1.54, 1.807) is 36.0 Å². The molecule has 10 heteroatoms. The van der Waals surface area contributed by atoms with Crippen molar-refractivity contribution in [1.29, 1.82) is 0 Å². The zero-order valence-electron chi connectivity index (χ0n) is 15.3. The zero-order chi connectivity index (χ0) is 21.2. The van der Waals surface area contributed by atoms with Crippen LogP contribution in [0.1, 0.15) is 33.6 Å². The molecule has 0 atom stereocenters. The topological polar surface area (TPSA) is 89.5 Å². The van der Waals surface area contributed by atoms with Crippen LogP contribution in [-0.4, -0.2) is 39.1 Å². The summed E-state index contributed by atoms with van der Waals surface area (Å²) in [5.74, 6) is -1.30. The van der Waals surface area contributed by atoms with E-state index in [0.717, 1.165) is 23.8 Å². The van der Waals surface area contributed by atoms with E-state index >= 15 is 0 Å². The van der Waals surface area contributed by atoms with Crippen molar-refractivity contribution in [2.75, 3.05) is 12.9 Å². The molecule has 0 spiro atoms. The molecule has 0 radical (unpaired) electrons. The largest absolute Gasteiger partial charge is 0.454 e. The summed E-state index contributed by atoms with van der Waals surface area (Å²) in [6.45, 7) is -0.501. The van der Waals surface area contributed by atoms with E-state index in [2.05, 4.69) is 4.72 Å². The summed E-state index contributed by atoms with van der Waals surface area (Å²) in [5.41, 5.74) is 0.215. The lowest BCUT2D eigenvalue weighted by Gasteiger charge is -2.11. The first kappa shape index (κ1) is 22.1. The average molecular weight is 474 g/mol. The van der Waals surface area contributed by atoms with Crippen LogP contribution in [0.15, 0.2) is 46.2 Å². The number of carbonyl (C=O) groups excluding carboxylic acids is 2. The number of esters is 1. The minimum Gasteiger partial charge on any atom is -0.454 e. The van der Waals surface area contributed by atoms with Crippen molar-refractivity contribution in [1.82, 2.24) is 4.72 Å². The Morgan fingerprint density at radius 1 is 1.14 bits per heavy atom. The lowest BCUT2D eigenvalue weighted by atomic mass is 10.1. The van der Waals surface area contributed by atoms with Crippen LogP contribution in [0.4, 0.5) is 0 Å². The highest BCUT2D eigenvalue weighted by Gasteiger charge is 2.30. The second-order valence-electron chi connectivity index (χ2n) is 6.39. The molecule has 1 aliphatic carbocycles. The fourth-order valence-corrected chi connectivity index (χ4v) is 5.01. The number of nitrogens with one attached hydrogen (secondary N) is 1. The molecule has 1 aliphatic rings. The molecule has 3 rings (SSSR count). The van der Waals surface area contributed by atoms with Gasteiger partial charge in [-0.2, -0.15) is 0 Å². The van der Waals surface area contributed by atoms with Gasteiger partial charge in [0.15, 0.2) is 12.4 Å². The van der Waals surface area contributed by atoms with Crippen LogP contribution >= 0.6 is 35.0 Å². The number of halogens is 2. The SMILES string of the molecule is CSc1ccc(C(=O)COC(=O)c2cc(S(=O)(=O)NC3CC3)c(Cl)cc2Cl)cc1. The monoisotopic (exact) mass is 473 g/mol. The highest BCUT2D eigenvalue weighted by Crippen LogP contribution is 2.31. The third kappa shape index (κ3) is 5.52.